The van der Waals surface area contributed by atoms with Crippen LogP contribution in [0.3, 0.4) is 0 Å². The van der Waals surface area contributed by atoms with Gasteiger partial charge in [0, 0.05) is 54.8 Å². The molecule has 8 heteroatoms. The molecule has 0 spiro atoms. The summed E-state index contributed by atoms with van der Waals surface area (Å²) in [5, 5.41) is 3.70. The molecule has 2 aromatic rings. The number of benzene rings is 1. The van der Waals surface area contributed by atoms with Crippen molar-refractivity contribution >= 4 is 35.0 Å². The van der Waals surface area contributed by atoms with Gasteiger partial charge >= 0.3 is 0 Å². The van der Waals surface area contributed by atoms with Crippen LogP contribution in [0.4, 0.5) is 5.82 Å². The van der Waals surface area contributed by atoms with Gasteiger partial charge in [0.1, 0.15) is 11.9 Å². The number of Topliss-reactive ketones (excluding diaryl/α,β-unsaturated/α-hetero) is 1. The smallest absolute Gasteiger partial charge is 0.248 e. The second kappa shape index (κ2) is 11.5. The zero-order chi connectivity index (χ0) is 26.8. The maximum Gasteiger partial charge on any atom is 0.248 e. The van der Waals surface area contributed by atoms with Crippen LogP contribution >= 0.6 is 11.6 Å². The number of anilines is 1. The van der Waals surface area contributed by atoms with Crippen LogP contribution in [0.25, 0.3) is 0 Å². The van der Waals surface area contributed by atoms with E-state index in [1.165, 1.54) is 12.0 Å². The number of nitrogens with one attached hydrogen (secondary N) is 1. The Labute approximate surface area is 229 Å². The lowest BCUT2D eigenvalue weighted by atomic mass is 9.81. The lowest BCUT2D eigenvalue weighted by Gasteiger charge is -2.39. The van der Waals surface area contributed by atoms with Crippen LogP contribution in [0, 0.1) is 19.8 Å². The van der Waals surface area contributed by atoms with Gasteiger partial charge in [-0.25, -0.2) is 4.98 Å². The molecule has 0 radical (unpaired) electrons. The summed E-state index contributed by atoms with van der Waals surface area (Å²) >= 11 is 6.17. The number of aryl methyl sites for hydroxylation is 2. The molecule has 1 atom stereocenters. The minimum Gasteiger partial charge on any atom is -0.328 e. The van der Waals surface area contributed by atoms with Crippen LogP contribution in [0.15, 0.2) is 30.3 Å². The Hall–Kier alpha value is -2.77. The van der Waals surface area contributed by atoms with Gasteiger partial charge in [-0.1, -0.05) is 43.0 Å². The molecule has 1 N–H and O–H groups in total. The van der Waals surface area contributed by atoms with Crippen LogP contribution in [-0.4, -0.2) is 57.6 Å². The number of hydrogen-bond acceptors (Lipinski definition) is 5. The largest absolute Gasteiger partial charge is 0.328 e. The quantitative estimate of drug-likeness (QED) is 0.462. The number of aromatic nitrogens is 1. The molecule has 202 valence electrons. The van der Waals surface area contributed by atoms with E-state index in [1.54, 1.807) is 12.1 Å². The van der Waals surface area contributed by atoms with E-state index in [1.807, 2.05) is 24.8 Å². The summed E-state index contributed by atoms with van der Waals surface area (Å²) in [5.74, 6) is 0.804. The van der Waals surface area contributed by atoms with E-state index in [0.29, 0.717) is 42.3 Å². The van der Waals surface area contributed by atoms with E-state index in [4.69, 9.17) is 11.6 Å². The van der Waals surface area contributed by atoms with Gasteiger partial charge in [0.15, 0.2) is 5.78 Å². The van der Waals surface area contributed by atoms with Crippen molar-refractivity contribution < 1.29 is 14.4 Å². The number of ketones is 1. The van der Waals surface area contributed by atoms with E-state index < -0.39 is 6.04 Å². The van der Waals surface area contributed by atoms with Gasteiger partial charge in [0.05, 0.1) is 0 Å². The Morgan fingerprint density at radius 3 is 2.50 bits per heavy atom. The second-order valence-corrected chi connectivity index (χ2v) is 11.6. The number of halogens is 1. The molecule has 7 nitrogen and oxygen atoms in total. The highest BCUT2D eigenvalue weighted by Crippen LogP contribution is 2.31. The summed E-state index contributed by atoms with van der Waals surface area (Å²) < 4.78 is 0. The van der Waals surface area contributed by atoms with Gasteiger partial charge in [-0.05, 0) is 68.4 Å². The van der Waals surface area contributed by atoms with E-state index in [9.17, 15) is 14.4 Å². The van der Waals surface area contributed by atoms with E-state index in [2.05, 4.69) is 27.3 Å². The molecular formula is C30H37ClN4O3. The summed E-state index contributed by atoms with van der Waals surface area (Å²) in [6.45, 7) is 6.44. The highest BCUT2D eigenvalue weighted by Gasteiger charge is 2.41. The number of amides is 2. The summed E-state index contributed by atoms with van der Waals surface area (Å²) in [5.41, 5.74) is 3.61. The Bertz CT molecular complexity index is 1220. The van der Waals surface area contributed by atoms with Crippen molar-refractivity contribution in [1.82, 2.24) is 14.8 Å². The zero-order valence-electron chi connectivity index (χ0n) is 22.3. The number of piperidine rings is 1. The lowest BCUT2D eigenvalue weighted by Crippen LogP contribution is -2.51. The maximum atomic E-state index is 13.4. The molecule has 2 amide bonds. The minimum atomic E-state index is -0.505. The van der Waals surface area contributed by atoms with Gasteiger partial charge in [0.25, 0.3) is 0 Å². The predicted molar refractivity (Wildman–Crippen MR) is 148 cm³/mol. The topological polar surface area (TPSA) is 82.6 Å². The molecule has 0 unspecified atom stereocenters. The maximum absolute atomic E-state index is 13.4. The molecule has 5 rings (SSSR count). The van der Waals surface area contributed by atoms with Gasteiger partial charge in [-0.3, -0.25) is 19.3 Å². The molecule has 3 heterocycles. The molecule has 1 aromatic heterocycles. The van der Waals surface area contributed by atoms with Crippen LogP contribution in [0.5, 0.6) is 0 Å². The van der Waals surface area contributed by atoms with Crippen molar-refractivity contribution in [2.75, 3.05) is 18.4 Å². The number of rotatable bonds is 8. The average Bonchev–Trinajstić information content (AvgIpc) is 3.25. The molecule has 2 aliphatic heterocycles. The first-order chi connectivity index (χ1) is 18.3. The molecule has 1 saturated carbocycles. The van der Waals surface area contributed by atoms with Crippen molar-refractivity contribution in [3.8, 4) is 0 Å². The number of pyridine rings is 1. The third kappa shape index (κ3) is 6.10. The SMILES string of the molecule is Cc1cc(C(=O)CC2CCC2)cc(NC(=O)[C@H]2CCC(=O)N2C2CCN(Cc3ccc(Cl)c(C)c3)CC2)n1. The molecule has 0 bridgehead atoms. The molecular weight excluding hydrogens is 500 g/mol. The zero-order valence-corrected chi connectivity index (χ0v) is 23.1. The van der Waals surface area contributed by atoms with Gasteiger partial charge in [-0.15, -0.1) is 0 Å². The first-order valence-electron chi connectivity index (χ1n) is 13.9. The van der Waals surface area contributed by atoms with Crippen LogP contribution in [-0.2, 0) is 16.1 Å². The van der Waals surface area contributed by atoms with Gasteiger partial charge in [0.2, 0.25) is 11.8 Å². The Balaban J connectivity index is 1.20. The van der Waals surface area contributed by atoms with E-state index in [-0.39, 0.29) is 23.6 Å². The third-order valence-electron chi connectivity index (χ3n) is 8.36. The Morgan fingerprint density at radius 1 is 1.05 bits per heavy atom. The first kappa shape index (κ1) is 26.8. The number of hydrogen-bond donors (Lipinski definition) is 1. The van der Waals surface area contributed by atoms with E-state index in [0.717, 1.165) is 55.9 Å². The normalized spacial score (nSPS) is 21.0. The number of carbonyl (C=O) groups is 3. The standard InChI is InChI=1S/C30H37ClN4O3/c1-19-14-22(6-7-25(19)31)18-34-12-10-24(11-13-34)35-26(8-9-29(35)37)30(38)33-28-17-23(15-20(2)32-28)27(36)16-21-4-3-5-21/h6-7,14-15,17,21,24,26H,3-5,8-13,16,18H2,1-2H3,(H,32,33,38)/t26-/m1/s1. The molecule has 38 heavy (non-hydrogen) atoms. The molecule has 2 saturated heterocycles. The van der Waals surface area contributed by atoms with Crippen molar-refractivity contribution in [3.63, 3.8) is 0 Å². The van der Waals surface area contributed by atoms with Gasteiger partial charge in [-0.2, -0.15) is 0 Å². The molecule has 1 aliphatic carbocycles. The fourth-order valence-corrected chi connectivity index (χ4v) is 6.13. The number of likely N-dealkylation sites (tertiary alicyclic amines) is 2. The number of carbonyl (C=O) groups excluding carboxylic acids is 3. The average molecular weight is 537 g/mol. The minimum absolute atomic E-state index is 0.0468. The van der Waals surface area contributed by atoms with Crippen molar-refractivity contribution in [1.29, 1.82) is 0 Å². The summed E-state index contributed by atoms with van der Waals surface area (Å²) in [7, 11) is 0. The summed E-state index contributed by atoms with van der Waals surface area (Å²) in [6, 6.07) is 9.16. The summed E-state index contributed by atoms with van der Waals surface area (Å²) in [6.07, 6.45) is 6.55. The first-order valence-corrected chi connectivity index (χ1v) is 14.3. The molecule has 1 aromatic carbocycles. The van der Waals surface area contributed by atoms with Crippen molar-refractivity contribution in [2.45, 2.75) is 83.8 Å². The third-order valence-corrected chi connectivity index (χ3v) is 8.79. The highest BCUT2D eigenvalue weighted by atomic mass is 35.5. The van der Waals surface area contributed by atoms with Crippen LogP contribution in [0.2, 0.25) is 5.02 Å². The van der Waals surface area contributed by atoms with Crippen molar-refractivity contribution in [3.05, 3.63) is 57.7 Å². The lowest BCUT2D eigenvalue weighted by molar-refractivity contribution is -0.136. The fraction of sp³-hybridized carbons (Fsp3) is 0.533. The van der Waals surface area contributed by atoms with E-state index >= 15 is 0 Å². The fourth-order valence-electron chi connectivity index (χ4n) is 6.02. The second-order valence-electron chi connectivity index (χ2n) is 11.2. The molecule has 3 aliphatic rings. The van der Waals surface area contributed by atoms with Crippen LogP contribution < -0.4 is 5.32 Å². The number of nitrogens with zero attached hydrogens (tertiary/aromatic N) is 3. The monoisotopic (exact) mass is 536 g/mol. The highest BCUT2D eigenvalue weighted by molar-refractivity contribution is 6.31. The Kier molecular flexibility index (Phi) is 8.15. The van der Waals surface area contributed by atoms with Crippen molar-refractivity contribution in [2.24, 2.45) is 5.92 Å². The predicted octanol–water partition coefficient (Wildman–Crippen LogP) is 5.32. The summed E-state index contributed by atoms with van der Waals surface area (Å²) in [4.78, 5) is 47.7. The van der Waals surface area contributed by atoms with Gasteiger partial charge < -0.3 is 10.2 Å². The molecule has 3 fully saturated rings. The Morgan fingerprint density at radius 2 is 1.82 bits per heavy atom. The van der Waals surface area contributed by atoms with Crippen LogP contribution in [0.1, 0.15) is 78.5 Å².